The van der Waals surface area contributed by atoms with E-state index in [1.165, 1.54) is 6.07 Å². The van der Waals surface area contributed by atoms with Crippen LogP contribution in [0.5, 0.6) is 5.75 Å². The molecule has 0 fully saturated rings. The van der Waals surface area contributed by atoms with E-state index in [0.717, 1.165) is 10.0 Å². The highest BCUT2D eigenvalue weighted by atomic mass is 79.9. The Labute approximate surface area is 124 Å². The number of hydrogen-bond donors (Lipinski definition) is 1. The van der Waals surface area contributed by atoms with Gasteiger partial charge in [0.1, 0.15) is 23.2 Å². The highest BCUT2D eigenvalue weighted by Crippen LogP contribution is 2.27. The lowest BCUT2D eigenvalue weighted by atomic mass is 10.2. The molecule has 0 amide bonds. The first-order valence-corrected chi connectivity index (χ1v) is 6.73. The monoisotopic (exact) mass is 339 g/mol. The first kappa shape index (κ1) is 14.0. The van der Waals surface area contributed by atoms with E-state index in [9.17, 15) is 4.39 Å². The van der Waals surface area contributed by atoms with Gasteiger partial charge in [-0.25, -0.2) is 4.39 Å². The molecule has 98 valence electrons. The Bertz CT molecular complexity index is 618. The van der Waals surface area contributed by atoms with Gasteiger partial charge in [0.2, 0.25) is 0 Å². The molecule has 0 heterocycles. The van der Waals surface area contributed by atoms with Crippen LogP contribution in [0.3, 0.4) is 0 Å². The highest BCUT2D eigenvalue weighted by molar-refractivity contribution is 9.10. The van der Waals surface area contributed by atoms with Crippen LogP contribution in [0.1, 0.15) is 11.1 Å². The molecule has 5 heteroatoms. The summed E-state index contributed by atoms with van der Waals surface area (Å²) >= 11 is 8.26. The first-order valence-electron chi connectivity index (χ1n) is 5.53. The second-order valence-electron chi connectivity index (χ2n) is 3.89. The summed E-state index contributed by atoms with van der Waals surface area (Å²) < 4.78 is 19.7. The summed E-state index contributed by atoms with van der Waals surface area (Å²) in [6.07, 6.45) is 0. The predicted octanol–water partition coefficient (Wildman–Crippen LogP) is 3.80. The quantitative estimate of drug-likeness (QED) is 0.860. The molecule has 0 unspecified atom stereocenters. The number of ether oxygens (including phenoxy) is 1. The molecule has 19 heavy (non-hydrogen) atoms. The Hall–Kier alpha value is -1.46. The molecular weight excluding hydrogens is 329 g/mol. The SMILES string of the molecule is NC(=S)c1ccc(OCc2ccccc2F)c(Br)c1. The topological polar surface area (TPSA) is 35.2 Å². The smallest absolute Gasteiger partial charge is 0.134 e. The second-order valence-corrected chi connectivity index (χ2v) is 5.18. The lowest BCUT2D eigenvalue weighted by Crippen LogP contribution is -2.09. The summed E-state index contributed by atoms with van der Waals surface area (Å²) in [5.74, 6) is 0.335. The third-order valence-electron chi connectivity index (χ3n) is 2.56. The zero-order valence-corrected chi connectivity index (χ0v) is 12.3. The minimum Gasteiger partial charge on any atom is -0.488 e. The maximum atomic E-state index is 13.4. The fraction of sp³-hybridized carbons (Fsp3) is 0.0714. The van der Waals surface area contributed by atoms with Gasteiger partial charge in [-0.05, 0) is 40.2 Å². The molecule has 2 aromatic rings. The van der Waals surface area contributed by atoms with E-state index in [1.54, 1.807) is 36.4 Å². The third-order valence-corrected chi connectivity index (χ3v) is 3.41. The van der Waals surface area contributed by atoms with E-state index in [1.807, 2.05) is 0 Å². The van der Waals surface area contributed by atoms with Crippen LogP contribution in [0, 0.1) is 5.82 Å². The van der Waals surface area contributed by atoms with Crippen molar-refractivity contribution >= 4 is 33.1 Å². The molecule has 0 aliphatic rings. The van der Waals surface area contributed by atoms with Crippen molar-refractivity contribution in [1.29, 1.82) is 0 Å². The Balaban J connectivity index is 2.12. The summed E-state index contributed by atoms with van der Waals surface area (Å²) in [5.41, 5.74) is 6.80. The molecule has 0 aliphatic carbocycles. The summed E-state index contributed by atoms with van der Waals surface area (Å²) in [7, 11) is 0. The zero-order chi connectivity index (χ0) is 13.8. The Morgan fingerprint density at radius 2 is 2.00 bits per heavy atom. The summed E-state index contributed by atoms with van der Waals surface area (Å²) in [6, 6.07) is 11.8. The number of thiocarbonyl (C=S) groups is 1. The number of halogens is 2. The predicted molar refractivity (Wildman–Crippen MR) is 80.8 cm³/mol. The molecule has 0 bridgehead atoms. The zero-order valence-electron chi connectivity index (χ0n) is 9.90. The molecule has 2 rings (SSSR count). The van der Waals surface area contributed by atoms with E-state index in [-0.39, 0.29) is 12.4 Å². The largest absolute Gasteiger partial charge is 0.488 e. The number of nitrogens with two attached hydrogens (primary N) is 1. The lowest BCUT2D eigenvalue weighted by molar-refractivity contribution is 0.298. The van der Waals surface area contributed by atoms with Gasteiger partial charge < -0.3 is 10.5 Å². The van der Waals surface area contributed by atoms with E-state index >= 15 is 0 Å². The molecular formula is C14H11BrFNOS. The van der Waals surface area contributed by atoms with Crippen molar-refractivity contribution < 1.29 is 9.13 Å². The van der Waals surface area contributed by atoms with Crippen LogP contribution in [0.15, 0.2) is 46.9 Å². The molecule has 0 saturated carbocycles. The maximum Gasteiger partial charge on any atom is 0.134 e. The number of benzene rings is 2. The van der Waals surface area contributed by atoms with Crippen LogP contribution < -0.4 is 10.5 Å². The Morgan fingerprint density at radius 3 is 2.63 bits per heavy atom. The van der Waals surface area contributed by atoms with Crippen molar-refractivity contribution in [1.82, 2.24) is 0 Å². The van der Waals surface area contributed by atoms with Gasteiger partial charge in [0.05, 0.1) is 4.47 Å². The molecule has 0 aromatic heterocycles. The third kappa shape index (κ3) is 3.52. The fourth-order valence-corrected chi connectivity index (χ4v) is 2.16. The van der Waals surface area contributed by atoms with E-state index < -0.39 is 0 Å². The van der Waals surface area contributed by atoms with E-state index in [4.69, 9.17) is 22.7 Å². The van der Waals surface area contributed by atoms with Gasteiger partial charge in [-0.3, -0.25) is 0 Å². The van der Waals surface area contributed by atoms with Gasteiger partial charge in [0, 0.05) is 11.1 Å². The lowest BCUT2D eigenvalue weighted by Gasteiger charge is -2.10. The number of rotatable bonds is 4. The van der Waals surface area contributed by atoms with Crippen LogP contribution in [0.25, 0.3) is 0 Å². The summed E-state index contributed by atoms with van der Waals surface area (Å²) in [6.45, 7) is 0.164. The molecule has 2 nitrogen and oxygen atoms in total. The summed E-state index contributed by atoms with van der Waals surface area (Å²) in [4.78, 5) is 0.321. The summed E-state index contributed by atoms with van der Waals surface area (Å²) in [5, 5.41) is 0. The van der Waals surface area contributed by atoms with Crippen molar-refractivity contribution in [3.05, 3.63) is 63.9 Å². The van der Waals surface area contributed by atoms with Crippen LogP contribution in [-0.2, 0) is 6.61 Å². The molecule has 0 saturated heterocycles. The maximum absolute atomic E-state index is 13.4. The average molecular weight is 340 g/mol. The highest BCUT2D eigenvalue weighted by Gasteiger charge is 2.06. The van der Waals surface area contributed by atoms with E-state index in [2.05, 4.69) is 15.9 Å². The molecule has 0 atom stereocenters. The van der Waals surface area contributed by atoms with Crippen LogP contribution in [0.2, 0.25) is 0 Å². The van der Waals surface area contributed by atoms with Crippen LogP contribution in [-0.4, -0.2) is 4.99 Å². The van der Waals surface area contributed by atoms with Crippen LogP contribution >= 0.6 is 28.1 Å². The minimum atomic E-state index is -0.279. The molecule has 0 spiro atoms. The minimum absolute atomic E-state index is 0.164. The van der Waals surface area contributed by atoms with Gasteiger partial charge in [-0.1, -0.05) is 30.4 Å². The van der Waals surface area contributed by atoms with Gasteiger partial charge in [0.25, 0.3) is 0 Å². The van der Waals surface area contributed by atoms with Crippen LogP contribution in [0.4, 0.5) is 4.39 Å². The van der Waals surface area contributed by atoms with Gasteiger partial charge in [0.15, 0.2) is 0 Å². The van der Waals surface area contributed by atoms with Crippen molar-refractivity contribution in [3.63, 3.8) is 0 Å². The standard InChI is InChI=1S/C14H11BrFNOS/c15-11-7-9(14(17)19)5-6-13(11)18-8-10-3-1-2-4-12(10)16/h1-7H,8H2,(H2,17,19). The van der Waals surface area contributed by atoms with Gasteiger partial charge in [-0.15, -0.1) is 0 Å². The van der Waals surface area contributed by atoms with Crippen molar-refractivity contribution in [3.8, 4) is 5.75 Å². The molecule has 0 radical (unpaired) electrons. The van der Waals surface area contributed by atoms with E-state index in [0.29, 0.717) is 16.3 Å². The number of hydrogen-bond acceptors (Lipinski definition) is 2. The average Bonchev–Trinajstić information content (AvgIpc) is 2.39. The van der Waals surface area contributed by atoms with Gasteiger partial charge in [-0.2, -0.15) is 0 Å². The molecule has 2 N–H and O–H groups in total. The van der Waals surface area contributed by atoms with Crippen molar-refractivity contribution in [2.45, 2.75) is 6.61 Å². The fourth-order valence-electron chi connectivity index (χ4n) is 1.54. The van der Waals surface area contributed by atoms with Crippen molar-refractivity contribution in [2.24, 2.45) is 5.73 Å². The Kier molecular flexibility index (Phi) is 4.50. The van der Waals surface area contributed by atoms with Crippen molar-refractivity contribution in [2.75, 3.05) is 0 Å². The van der Waals surface area contributed by atoms with Gasteiger partial charge >= 0.3 is 0 Å². The second kappa shape index (κ2) is 6.12. The molecule has 0 aliphatic heterocycles. The first-order chi connectivity index (χ1) is 9.08. The normalized spacial score (nSPS) is 10.2. The Morgan fingerprint density at radius 1 is 1.26 bits per heavy atom. The molecule has 2 aromatic carbocycles.